The summed E-state index contributed by atoms with van der Waals surface area (Å²) < 4.78 is 13.1. The molecule has 8 heteroatoms. The minimum atomic E-state index is -0.604. The molecule has 2 aromatic heterocycles. The highest BCUT2D eigenvalue weighted by Crippen LogP contribution is 2.30. The van der Waals surface area contributed by atoms with E-state index in [0.29, 0.717) is 32.2 Å². The van der Waals surface area contributed by atoms with Crippen LogP contribution in [0.3, 0.4) is 0 Å². The number of rotatable bonds is 5. The number of allylic oxidation sites excluding steroid dienone is 1. The van der Waals surface area contributed by atoms with Gasteiger partial charge in [0.15, 0.2) is 10.7 Å². The van der Waals surface area contributed by atoms with Crippen LogP contribution in [0.4, 0.5) is 5.88 Å². The highest BCUT2D eigenvalue weighted by atomic mass is 32.1. The lowest BCUT2D eigenvalue weighted by Crippen LogP contribution is -2.39. The molecule has 0 unspecified atom stereocenters. The number of hydrogen-bond donors (Lipinski definition) is 0. The number of aromatic nitrogens is 1. The van der Waals surface area contributed by atoms with Gasteiger partial charge in [-0.05, 0) is 25.5 Å². The molecule has 0 aliphatic carbocycles. The van der Waals surface area contributed by atoms with E-state index in [0.717, 1.165) is 5.56 Å². The van der Waals surface area contributed by atoms with Gasteiger partial charge in [-0.2, -0.15) is 0 Å². The van der Waals surface area contributed by atoms with Crippen molar-refractivity contribution >= 4 is 29.3 Å². The molecule has 0 fully saturated rings. The van der Waals surface area contributed by atoms with Crippen LogP contribution in [0, 0.1) is 0 Å². The van der Waals surface area contributed by atoms with Crippen LogP contribution < -0.4 is 19.8 Å². The van der Waals surface area contributed by atoms with Gasteiger partial charge in [0, 0.05) is 26.2 Å². The third kappa shape index (κ3) is 3.86. The summed E-state index contributed by atoms with van der Waals surface area (Å²) in [6, 6.07) is 12.5. The number of ether oxygens (including phenoxy) is 1. The first-order valence-electron chi connectivity index (χ1n) is 9.92. The predicted molar refractivity (Wildman–Crippen MR) is 120 cm³/mol. The summed E-state index contributed by atoms with van der Waals surface area (Å²) in [4.78, 5) is 33.2. The van der Waals surface area contributed by atoms with Crippen LogP contribution in [0.1, 0.15) is 31.2 Å². The number of anilines is 1. The van der Waals surface area contributed by atoms with Gasteiger partial charge >= 0.3 is 5.97 Å². The van der Waals surface area contributed by atoms with Gasteiger partial charge < -0.3 is 14.1 Å². The standard InChI is InChI=1S/C23H23N3O4S/c1-5-29-22(28)19-14(2)24-23-26(20(19)15-9-7-6-8-10-15)21(27)17(31-23)13-16-11-12-18(30-16)25(3)4/h6-13,20H,5H2,1-4H3/b17-13+/t20-/m1/s1. The molecule has 1 aliphatic rings. The average Bonchev–Trinajstić information content (AvgIpc) is 3.33. The van der Waals surface area contributed by atoms with E-state index in [1.54, 1.807) is 24.5 Å². The Hall–Kier alpha value is -3.39. The SMILES string of the molecule is CCOC(=O)C1=C(C)N=c2s/c(=C/c3ccc(N(C)C)o3)c(=O)n2[C@@H]1c1ccccc1. The smallest absolute Gasteiger partial charge is 0.338 e. The maximum absolute atomic E-state index is 13.4. The summed E-state index contributed by atoms with van der Waals surface area (Å²) in [6.45, 7) is 3.77. The third-order valence-corrected chi connectivity index (χ3v) is 5.94. The maximum Gasteiger partial charge on any atom is 0.338 e. The Morgan fingerprint density at radius 2 is 2.00 bits per heavy atom. The summed E-state index contributed by atoms with van der Waals surface area (Å²) >= 11 is 1.27. The third-order valence-electron chi connectivity index (χ3n) is 4.96. The Morgan fingerprint density at radius 3 is 2.65 bits per heavy atom. The van der Waals surface area contributed by atoms with E-state index < -0.39 is 12.0 Å². The van der Waals surface area contributed by atoms with E-state index >= 15 is 0 Å². The Labute approximate surface area is 183 Å². The van der Waals surface area contributed by atoms with Crippen molar-refractivity contribution in [2.24, 2.45) is 4.99 Å². The highest BCUT2D eigenvalue weighted by Gasteiger charge is 2.33. The minimum Gasteiger partial charge on any atom is -0.463 e. The first kappa shape index (κ1) is 20.9. The highest BCUT2D eigenvalue weighted by molar-refractivity contribution is 7.07. The van der Waals surface area contributed by atoms with Crippen LogP contribution in [0.25, 0.3) is 6.08 Å². The fourth-order valence-electron chi connectivity index (χ4n) is 3.53. The van der Waals surface area contributed by atoms with Crippen LogP contribution in [-0.2, 0) is 9.53 Å². The summed E-state index contributed by atoms with van der Waals surface area (Å²) in [6.07, 6.45) is 1.71. The van der Waals surface area contributed by atoms with Crippen LogP contribution >= 0.6 is 11.3 Å². The molecule has 1 aromatic carbocycles. The van der Waals surface area contributed by atoms with E-state index in [2.05, 4.69) is 4.99 Å². The van der Waals surface area contributed by atoms with Crippen molar-refractivity contribution in [3.05, 3.63) is 84.7 Å². The second-order valence-corrected chi connectivity index (χ2v) is 8.29. The molecule has 1 aliphatic heterocycles. The van der Waals surface area contributed by atoms with Crippen LogP contribution in [0.15, 0.2) is 67.9 Å². The van der Waals surface area contributed by atoms with Crippen molar-refractivity contribution in [2.45, 2.75) is 19.9 Å². The number of carbonyl (C=O) groups excluding carboxylic acids is 1. The summed E-state index contributed by atoms with van der Waals surface area (Å²) in [5, 5.41) is 0. The van der Waals surface area contributed by atoms with E-state index in [4.69, 9.17) is 9.15 Å². The molecule has 0 N–H and O–H groups in total. The molecule has 0 bridgehead atoms. The van der Waals surface area contributed by atoms with Gasteiger partial charge in [-0.3, -0.25) is 9.36 Å². The number of nitrogens with zero attached hydrogens (tertiary/aromatic N) is 3. The molecule has 3 heterocycles. The summed E-state index contributed by atoms with van der Waals surface area (Å²) in [5.74, 6) is 0.807. The number of esters is 1. The molecule has 0 radical (unpaired) electrons. The lowest BCUT2D eigenvalue weighted by molar-refractivity contribution is -0.139. The number of benzene rings is 1. The van der Waals surface area contributed by atoms with E-state index in [1.807, 2.05) is 61.5 Å². The Kier molecular flexibility index (Phi) is 5.65. The first-order chi connectivity index (χ1) is 14.9. The fourth-order valence-corrected chi connectivity index (χ4v) is 4.56. The zero-order valence-corrected chi connectivity index (χ0v) is 18.6. The zero-order valence-electron chi connectivity index (χ0n) is 17.8. The summed E-state index contributed by atoms with van der Waals surface area (Å²) in [5.41, 5.74) is 1.52. The molecular weight excluding hydrogens is 414 g/mol. The molecule has 0 spiro atoms. The van der Waals surface area contributed by atoms with Gasteiger partial charge in [0.2, 0.25) is 0 Å². The lowest BCUT2D eigenvalue weighted by Gasteiger charge is -2.24. The largest absolute Gasteiger partial charge is 0.463 e. The zero-order chi connectivity index (χ0) is 22.1. The second kappa shape index (κ2) is 8.39. The van der Waals surface area contributed by atoms with Crippen LogP contribution in [0.5, 0.6) is 0 Å². The van der Waals surface area contributed by atoms with Crippen molar-refractivity contribution < 1.29 is 13.9 Å². The second-order valence-electron chi connectivity index (χ2n) is 7.28. The number of furan rings is 1. The predicted octanol–water partition coefficient (Wildman–Crippen LogP) is 2.46. The maximum atomic E-state index is 13.4. The van der Waals surface area contributed by atoms with Crippen molar-refractivity contribution in [1.82, 2.24) is 4.57 Å². The molecule has 0 amide bonds. The molecule has 1 atom stereocenters. The van der Waals surface area contributed by atoms with Crippen LogP contribution in [0.2, 0.25) is 0 Å². The monoisotopic (exact) mass is 437 g/mol. The molecule has 0 saturated heterocycles. The van der Waals surface area contributed by atoms with Crippen molar-refractivity contribution in [2.75, 3.05) is 25.6 Å². The molecule has 3 aromatic rings. The topological polar surface area (TPSA) is 77.0 Å². The molecule has 31 heavy (non-hydrogen) atoms. The number of carbonyl (C=O) groups is 1. The normalized spacial score (nSPS) is 16.1. The van der Waals surface area contributed by atoms with Gasteiger partial charge in [-0.25, -0.2) is 9.79 Å². The molecule has 4 rings (SSSR count). The van der Waals surface area contributed by atoms with Gasteiger partial charge in [0.05, 0.1) is 28.5 Å². The number of thiazole rings is 1. The first-order valence-corrected chi connectivity index (χ1v) is 10.7. The van der Waals surface area contributed by atoms with Gasteiger partial charge in [-0.1, -0.05) is 41.7 Å². The van der Waals surface area contributed by atoms with E-state index in [1.165, 1.54) is 11.3 Å². The molecule has 160 valence electrons. The molecule has 0 saturated carbocycles. The molecular formula is C23H23N3O4S. The number of fused-ring (bicyclic) bond motifs is 1. The van der Waals surface area contributed by atoms with E-state index in [9.17, 15) is 9.59 Å². The number of hydrogen-bond acceptors (Lipinski definition) is 7. The van der Waals surface area contributed by atoms with Crippen molar-refractivity contribution in [1.29, 1.82) is 0 Å². The summed E-state index contributed by atoms with van der Waals surface area (Å²) in [7, 11) is 3.77. The quantitative estimate of drug-likeness (QED) is 0.573. The Balaban J connectivity index is 1.91. The lowest BCUT2D eigenvalue weighted by atomic mass is 9.96. The van der Waals surface area contributed by atoms with Gasteiger partial charge in [0.25, 0.3) is 5.56 Å². The average molecular weight is 438 g/mol. The fraction of sp³-hybridized carbons (Fsp3) is 0.261. The van der Waals surface area contributed by atoms with Gasteiger partial charge in [-0.15, -0.1) is 0 Å². The Bertz CT molecular complexity index is 1330. The minimum absolute atomic E-state index is 0.227. The van der Waals surface area contributed by atoms with Crippen LogP contribution in [-0.4, -0.2) is 31.2 Å². The van der Waals surface area contributed by atoms with Crippen molar-refractivity contribution in [3.8, 4) is 0 Å². The van der Waals surface area contributed by atoms with Gasteiger partial charge in [0.1, 0.15) is 5.76 Å². The molecule has 7 nitrogen and oxygen atoms in total. The van der Waals surface area contributed by atoms with Crippen molar-refractivity contribution in [3.63, 3.8) is 0 Å². The van der Waals surface area contributed by atoms with E-state index in [-0.39, 0.29) is 12.2 Å². The Morgan fingerprint density at radius 1 is 1.26 bits per heavy atom.